The molecule has 0 saturated carbocycles. The van der Waals surface area contributed by atoms with Gasteiger partial charge in [-0.2, -0.15) is 0 Å². The molecule has 7 nitrogen and oxygen atoms in total. The van der Waals surface area contributed by atoms with E-state index >= 15 is 0 Å². The highest BCUT2D eigenvalue weighted by atomic mass is 32.2. The van der Waals surface area contributed by atoms with E-state index in [0.29, 0.717) is 0 Å². The van der Waals surface area contributed by atoms with Crippen molar-refractivity contribution in [2.75, 3.05) is 36.5 Å². The zero-order valence-corrected chi connectivity index (χ0v) is 15.0. The van der Waals surface area contributed by atoms with Crippen LogP contribution in [0.1, 0.15) is 13.8 Å². The van der Waals surface area contributed by atoms with Crippen LogP contribution in [-0.4, -0.2) is 43.7 Å². The van der Waals surface area contributed by atoms with Crippen LogP contribution in [0.3, 0.4) is 0 Å². The molecule has 2 N–H and O–H groups in total. The molecular formula is C17H21N3O4S. The predicted molar refractivity (Wildman–Crippen MR) is 96.4 cm³/mol. The highest BCUT2D eigenvalue weighted by Crippen LogP contribution is 2.47. The maximum atomic E-state index is 12.0. The number of nitrogens with one attached hydrogen (secondary N) is 2. The first-order valence-corrected chi connectivity index (χ1v) is 9.14. The van der Waals surface area contributed by atoms with Crippen molar-refractivity contribution in [2.24, 2.45) is 0 Å². The van der Waals surface area contributed by atoms with Gasteiger partial charge in [0.2, 0.25) is 0 Å². The van der Waals surface area contributed by atoms with Crippen LogP contribution in [0.25, 0.3) is 0 Å². The normalized spacial score (nSPS) is 17.5. The average molecular weight is 363 g/mol. The first-order valence-electron chi connectivity index (χ1n) is 8.26. The third-order valence-electron chi connectivity index (χ3n) is 3.84. The molecule has 0 bridgehead atoms. The van der Waals surface area contributed by atoms with Crippen LogP contribution in [0, 0.1) is 0 Å². The SMILES string of the molecule is CCOC(=O)C(=CNc1cccc2c1N1CCNC1S2)C(=O)OCC. The van der Waals surface area contributed by atoms with Crippen LogP contribution in [0.4, 0.5) is 11.4 Å². The van der Waals surface area contributed by atoms with Crippen LogP contribution < -0.4 is 15.5 Å². The summed E-state index contributed by atoms with van der Waals surface area (Å²) in [6.45, 7) is 5.60. The van der Waals surface area contributed by atoms with Gasteiger partial charge in [-0.25, -0.2) is 9.59 Å². The number of benzene rings is 1. The first kappa shape index (κ1) is 17.6. The molecular weight excluding hydrogens is 342 g/mol. The quantitative estimate of drug-likeness (QED) is 0.343. The van der Waals surface area contributed by atoms with Crippen molar-refractivity contribution in [3.8, 4) is 0 Å². The van der Waals surface area contributed by atoms with Gasteiger partial charge >= 0.3 is 11.9 Å². The summed E-state index contributed by atoms with van der Waals surface area (Å²) in [5.74, 6) is -1.40. The number of rotatable bonds is 6. The van der Waals surface area contributed by atoms with E-state index in [4.69, 9.17) is 9.47 Å². The number of hydrogen-bond acceptors (Lipinski definition) is 8. The number of ether oxygens (including phenoxy) is 2. The fraction of sp³-hybridized carbons (Fsp3) is 0.412. The van der Waals surface area contributed by atoms with E-state index in [-0.39, 0.29) is 24.3 Å². The summed E-state index contributed by atoms with van der Waals surface area (Å²) in [5.41, 5.74) is 1.99. The Morgan fingerprint density at radius 1 is 1.32 bits per heavy atom. The zero-order valence-electron chi connectivity index (χ0n) is 14.2. The lowest BCUT2D eigenvalue weighted by Crippen LogP contribution is -2.28. The number of anilines is 2. The Morgan fingerprint density at radius 3 is 2.72 bits per heavy atom. The van der Waals surface area contributed by atoms with Crippen LogP contribution in [0.2, 0.25) is 0 Å². The second kappa shape index (κ2) is 7.79. The number of hydrogen-bond donors (Lipinski definition) is 2. The maximum absolute atomic E-state index is 12.0. The van der Waals surface area contributed by atoms with Gasteiger partial charge in [0.25, 0.3) is 0 Å². The second-order valence-corrected chi connectivity index (χ2v) is 6.54. The minimum absolute atomic E-state index is 0.150. The summed E-state index contributed by atoms with van der Waals surface area (Å²) in [5, 5.41) is 6.51. The van der Waals surface area contributed by atoms with Crippen molar-refractivity contribution >= 4 is 35.1 Å². The number of para-hydroxylation sites is 1. The smallest absolute Gasteiger partial charge is 0.347 e. The van der Waals surface area contributed by atoms with E-state index in [1.165, 1.54) is 6.20 Å². The van der Waals surface area contributed by atoms with Gasteiger partial charge in [0.1, 0.15) is 5.50 Å². The van der Waals surface area contributed by atoms with Gasteiger partial charge in [-0.1, -0.05) is 17.8 Å². The van der Waals surface area contributed by atoms with E-state index in [1.807, 2.05) is 12.1 Å². The van der Waals surface area contributed by atoms with Gasteiger partial charge < -0.3 is 19.7 Å². The molecule has 1 saturated heterocycles. The summed E-state index contributed by atoms with van der Waals surface area (Å²) < 4.78 is 9.90. The molecule has 0 aromatic heterocycles. The molecule has 134 valence electrons. The molecule has 3 rings (SSSR count). The minimum atomic E-state index is -0.698. The van der Waals surface area contributed by atoms with Crippen LogP contribution >= 0.6 is 11.8 Å². The summed E-state index contributed by atoms with van der Waals surface area (Å²) in [7, 11) is 0. The molecule has 0 amide bonds. The highest BCUT2D eigenvalue weighted by molar-refractivity contribution is 8.00. The van der Waals surface area contributed by atoms with Crippen molar-refractivity contribution in [3.63, 3.8) is 0 Å². The molecule has 1 atom stereocenters. The van der Waals surface area contributed by atoms with Gasteiger partial charge in [-0.15, -0.1) is 0 Å². The number of fused-ring (bicyclic) bond motifs is 3. The van der Waals surface area contributed by atoms with E-state index < -0.39 is 11.9 Å². The van der Waals surface area contributed by atoms with Crippen molar-refractivity contribution in [2.45, 2.75) is 24.2 Å². The van der Waals surface area contributed by atoms with Crippen LogP contribution in [0.5, 0.6) is 0 Å². The Hall–Kier alpha value is -2.19. The standard InChI is InChI=1S/C17H21N3O4S/c1-3-23-15(21)11(16(22)24-4-2)10-19-12-6-5-7-13-14(12)20-9-8-18-17(20)25-13/h5-7,10,17-19H,3-4,8-9H2,1-2H3. The minimum Gasteiger partial charge on any atom is -0.462 e. The van der Waals surface area contributed by atoms with Crippen LogP contribution in [-0.2, 0) is 19.1 Å². The Morgan fingerprint density at radius 2 is 2.04 bits per heavy atom. The lowest BCUT2D eigenvalue weighted by Gasteiger charge is -2.19. The molecule has 25 heavy (non-hydrogen) atoms. The monoisotopic (exact) mass is 363 g/mol. The van der Waals surface area contributed by atoms with Crippen molar-refractivity contribution < 1.29 is 19.1 Å². The van der Waals surface area contributed by atoms with Crippen molar-refractivity contribution in [1.82, 2.24) is 5.32 Å². The van der Waals surface area contributed by atoms with Crippen LogP contribution in [0.15, 0.2) is 34.9 Å². The van der Waals surface area contributed by atoms with Gasteiger partial charge in [0.05, 0.1) is 24.6 Å². The van der Waals surface area contributed by atoms with Gasteiger partial charge in [-0.05, 0) is 26.0 Å². The fourth-order valence-electron chi connectivity index (χ4n) is 2.79. The number of esters is 2. The molecule has 1 aromatic rings. The molecule has 8 heteroatoms. The summed E-state index contributed by atoms with van der Waals surface area (Å²) >= 11 is 1.75. The average Bonchev–Trinajstić information content (AvgIpc) is 3.16. The van der Waals surface area contributed by atoms with Crippen molar-refractivity contribution in [3.05, 3.63) is 30.0 Å². The number of carbonyl (C=O) groups is 2. The zero-order chi connectivity index (χ0) is 17.8. The third-order valence-corrected chi connectivity index (χ3v) is 5.07. The van der Waals surface area contributed by atoms with E-state index in [9.17, 15) is 9.59 Å². The Balaban J connectivity index is 1.85. The molecule has 2 aliphatic heterocycles. The molecule has 1 unspecified atom stereocenters. The van der Waals surface area contributed by atoms with Gasteiger partial charge in [-0.3, -0.25) is 5.32 Å². The Kier molecular flexibility index (Phi) is 5.50. The largest absolute Gasteiger partial charge is 0.462 e. The lowest BCUT2D eigenvalue weighted by molar-refractivity contribution is -0.146. The molecule has 0 aliphatic carbocycles. The van der Waals surface area contributed by atoms with E-state index in [0.717, 1.165) is 29.4 Å². The molecule has 0 spiro atoms. The second-order valence-electron chi connectivity index (χ2n) is 5.41. The number of thioether (sulfide) groups is 1. The highest BCUT2D eigenvalue weighted by Gasteiger charge is 2.35. The maximum Gasteiger partial charge on any atom is 0.347 e. The predicted octanol–water partition coefficient (Wildman–Crippen LogP) is 1.91. The van der Waals surface area contributed by atoms with E-state index in [1.54, 1.807) is 25.6 Å². The Labute approximate surface area is 150 Å². The fourth-order valence-corrected chi connectivity index (χ4v) is 4.07. The first-order chi connectivity index (χ1) is 12.2. The Bertz CT molecular complexity index is 687. The van der Waals surface area contributed by atoms with Crippen molar-refractivity contribution in [1.29, 1.82) is 0 Å². The molecule has 2 heterocycles. The summed E-state index contributed by atoms with van der Waals surface area (Å²) in [6, 6.07) is 5.93. The molecule has 0 radical (unpaired) electrons. The number of nitrogens with zero attached hydrogens (tertiary/aromatic N) is 1. The summed E-state index contributed by atoms with van der Waals surface area (Å²) in [6.07, 6.45) is 1.37. The topological polar surface area (TPSA) is 79.9 Å². The summed E-state index contributed by atoms with van der Waals surface area (Å²) in [4.78, 5) is 27.5. The molecule has 1 aromatic carbocycles. The van der Waals surface area contributed by atoms with Gasteiger partial charge in [0.15, 0.2) is 5.57 Å². The molecule has 1 fully saturated rings. The van der Waals surface area contributed by atoms with Gasteiger partial charge in [0, 0.05) is 24.2 Å². The third kappa shape index (κ3) is 3.59. The number of carbonyl (C=O) groups excluding carboxylic acids is 2. The lowest BCUT2D eigenvalue weighted by atomic mass is 10.2. The van der Waals surface area contributed by atoms with E-state index in [2.05, 4.69) is 21.6 Å². The molecule has 2 aliphatic rings.